The van der Waals surface area contributed by atoms with E-state index in [2.05, 4.69) is 37.3 Å². The lowest BCUT2D eigenvalue weighted by Gasteiger charge is -2.34. The Morgan fingerprint density at radius 3 is 2.42 bits per heavy atom. The molecule has 1 aliphatic heterocycles. The first kappa shape index (κ1) is 20.9. The molecule has 2 N–H and O–H groups in total. The van der Waals surface area contributed by atoms with Gasteiger partial charge in [-0.05, 0) is 6.54 Å². The Labute approximate surface area is 156 Å². The Balaban J connectivity index is 1.63. The number of nitrogens with one attached hydrogen (secondary N) is 2. The van der Waals surface area contributed by atoms with Crippen LogP contribution >= 0.6 is 11.3 Å². The van der Waals surface area contributed by atoms with Gasteiger partial charge in [0.25, 0.3) is 0 Å². The highest BCUT2D eigenvalue weighted by molar-refractivity contribution is 7.09. The fourth-order valence-corrected chi connectivity index (χ4v) is 3.53. The number of piperazine rings is 1. The number of thiazole rings is 1. The van der Waals surface area contributed by atoms with E-state index in [-0.39, 0.29) is 0 Å². The maximum atomic E-state index is 12.5. The lowest BCUT2D eigenvalue weighted by atomic mass is 10.3. The molecule has 26 heavy (non-hydrogen) atoms. The summed E-state index contributed by atoms with van der Waals surface area (Å²) in [4.78, 5) is 12.6. The average Bonchev–Trinajstić information content (AvgIpc) is 3.10. The Morgan fingerprint density at radius 1 is 1.19 bits per heavy atom. The quantitative estimate of drug-likeness (QED) is 0.544. The number of alkyl halides is 3. The maximum Gasteiger partial charge on any atom is 0.434 e. The van der Waals surface area contributed by atoms with Gasteiger partial charge in [0.15, 0.2) is 11.7 Å². The summed E-state index contributed by atoms with van der Waals surface area (Å²) in [5.41, 5.74) is -0.817. The van der Waals surface area contributed by atoms with Gasteiger partial charge >= 0.3 is 6.18 Å². The number of nitrogens with zero attached hydrogens (tertiary/aromatic N) is 4. The van der Waals surface area contributed by atoms with Gasteiger partial charge in [0.2, 0.25) is 0 Å². The van der Waals surface area contributed by atoms with Gasteiger partial charge in [-0.2, -0.15) is 13.2 Å². The molecule has 1 aliphatic rings. The van der Waals surface area contributed by atoms with Crippen molar-refractivity contribution in [1.82, 2.24) is 25.4 Å². The highest BCUT2D eigenvalue weighted by Crippen LogP contribution is 2.29. The van der Waals surface area contributed by atoms with Crippen molar-refractivity contribution in [2.75, 3.05) is 59.4 Å². The summed E-state index contributed by atoms with van der Waals surface area (Å²) in [7, 11) is 1.68. The van der Waals surface area contributed by atoms with Gasteiger partial charge in [0, 0.05) is 64.7 Å². The third-order valence-corrected chi connectivity index (χ3v) is 5.24. The molecule has 1 aromatic rings. The minimum Gasteiger partial charge on any atom is -0.356 e. The van der Waals surface area contributed by atoms with Crippen LogP contribution in [-0.2, 0) is 12.6 Å². The fraction of sp³-hybridized carbons (Fsp3) is 0.750. The molecule has 148 valence electrons. The van der Waals surface area contributed by atoms with Crippen LogP contribution in [0, 0.1) is 0 Å². The molecule has 0 amide bonds. The van der Waals surface area contributed by atoms with Crippen molar-refractivity contribution in [3.8, 4) is 0 Å². The molecule has 2 rings (SSSR count). The molecule has 0 aromatic carbocycles. The number of hydrogen-bond donors (Lipinski definition) is 2. The number of rotatable bonds is 7. The normalized spacial score (nSPS) is 17.5. The van der Waals surface area contributed by atoms with Gasteiger partial charge in [0.1, 0.15) is 0 Å². The molecule has 1 aromatic heterocycles. The summed E-state index contributed by atoms with van der Waals surface area (Å²) in [6.07, 6.45) is -3.94. The van der Waals surface area contributed by atoms with Crippen LogP contribution in [0.2, 0.25) is 0 Å². The smallest absolute Gasteiger partial charge is 0.356 e. The molecule has 0 spiro atoms. The van der Waals surface area contributed by atoms with Crippen LogP contribution < -0.4 is 10.6 Å². The fourth-order valence-electron chi connectivity index (χ4n) is 2.73. The first-order valence-corrected chi connectivity index (χ1v) is 9.71. The second-order valence-corrected chi connectivity index (χ2v) is 7.02. The Kier molecular flexibility index (Phi) is 8.11. The molecule has 0 saturated carbocycles. The summed E-state index contributed by atoms with van der Waals surface area (Å²) in [5, 5.41) is 7.88. The summed E-state index contributed by atoms with van der Waals surface area (Å²) in [6.45, 7) is 9.87. The molecular weight excluding hydrogens is 365 g/mol. The average molecular weight is 392 g/mol. The lowest BCUT2D eigenvalue weighted by Crippen LogP contribution is -2.49. The molecule has 10 heteroatoms. The predicted molar refractivity (Wildman–Crippen MR) is 98.7 cm³/mol. The molecule has 6 nitrogen and oxygen atoms in total. The van der Waals surface area contributed by atoms with E-state index in [0.29, 0.717) is 23.9 Å². The van der Waals surface area contributed by atoms with E-state index in [1.807, 2.05) is 0 Å². The zero-order valence-electron chi connectivity index (χ0n) is 15.3. The third kappa shape index (κ3) is 6.73. The maximum absolute atomic E-state index is 12.5. The van der Waals surface area contributed by atoms with Crippen molar-refractivity contribution in [2.45, 2.75) is 19.5 Å². The zero-order valence-corrected chi connectivity index (χ0v) is 16.1. The molecular formula is C16H27F3N6S. The third-order valence-electron chi connectivity index (χ3n) is 4.33. The van der Waals surface area contributed by atoms with Crippen LogP contribution in [0.25, 0.3) is 0 Å². The zero-order chi connectivity index (χ0) is 19.0. The molecule has 0 bridgehead atoms. The number of hydrogen-bond acceptors (Lipinski definition) is 5. The van der Waals surface area contributed by atoms with E-state index in [0.717, 1.165) is 62.5 Å². The van der Waals surface area contributed by atoms with Gasteiger partial charge in [-0.1, -0.05) is 6.92 Å². The van der Waals surface area contributed by atoms with E-state index in [1.54, 1.807) is 7.05 Å². The van der Waals surface area contributed by atoms with Gasteiger partial charge in [-0.3, -0.25) is 9.89 Å². The molecule has 1 saturated heterocycles. The summed E-state index contributed by atoms with van der Waals surface area (Å²) < 4.78 is 37.6. The second kappa shape index (κ2) is 10.1. The van der Waals surface area contributed by atoms with Crippen molar-refractivity contribution in [3.63, 3.8) is 0 Å². The van der Waals surface area contributed by atoms with Crippen LogP contribution in [0.15, 0.2) is 10.4 Å². The van der Waals surface area contributed by atoms with Gasteiger partial charge in [-0.25, -0.2) is 4.98 Å². The van der Waals surface area contributed by atoms with Crippen LogP contribution in [-0.4, -0.2) is 80.1 Å². The SMILES string of the molecule is CCN1CCN(CCNC(=NC)NCCc2nc(C(F)(F)F)cs2)CC1. The number of guanidine groups is 1. The van der Waals surface area contributed by atoms with E-state index in [4.69, 9.17) is 0 Å². The number of aliphatic imine (C=N–C) groups is 1. The predicted octanol–water partition coefficient (Wildman–Crippen LogP) is 1.51. The summed E-state index contributed by atoms with van der Waals surface area (Å²) in [5.74, 6) is 0.657. The van der Waals surface area contributed by atoms with Crippen molar-refractivity contribution >= 4 is 17.3 Å². The van der Waals surface area contributed by atoms with Crippen molar-refractivity contribution < 1.29 is 13.2 Å². The number of likely N-dealkylation sites (N-methyl/N-ethyl adjacent to an activating group) is 1. The van der Waals surface area contributed by atoms with E-state index in [9.17, 15) is 13.2 Å². The van der Waals surface area contributed by atoms with Crippen LogP contribution in [0.5, 0.6) is 0 Å². The summed E-state index contributed by atoms with van der Waals surface area (Å²) in [6, 6.07) is 0. The highest BCUT2D eigenvalue weighted by atomic mass is 32.1. The van der Waals surface area contributed by atoms with Crippen molar-refractivity contribution in [2.24, 2.45) is 4.99 Å². The first-order valence-electron chi connectivity index (χ1n) is 8.83. The molecule has 0 atom stereocenters. The van der Waals surface area contributed by atoms with Gasteiger partial charge < -0.3 is 15.5 Å². The van der Waals surface area contributed by atoms with Crippen molar-refractivity contribution in [3.05, 3.63) is 16.1 Å². The first-order chi connectivity index (χ1) is 12.4. The van der Waals surface area contributed by atoms with Gasteiger partial charge in [0.05, 0.1) is 5.01 Å². The standard InChI is InChI=1S/C16H27F3N6S/c1-3-24-8-10-25(11-9-24)7-6-22-15(20-2)21-5-4-14-23-13(12-26-14)16(17,18)19/h12H,3-11H2,1-2H3,(H2,20,21,22). The van der Waals surface area contributed by atoms with Crippen LogP contribution in [0.3, 0.4) is 0 Å². The number of halogens is 3. The summed E-state index contributed by atoms with van der Waals surface area (Å²) >= 11 is 1.03. The van der Waals surface area contributed by atoms with E-state index >= 15 is 0 Å². The molecule has 2 heterocycles. The van der Waals surface area contributed by atoms with Gasteiger partial charge in [-0.15, -0.1) is 11.3 Å². The minimum absolute atomic E-state index is 0.431. The topological polar surface area (TPSA) is 55.8 Å². The Bertz CT molecular complexity index is 567. The Morgan fingerprint density at radius 2 is 1.85 bits per heavy atom. The van der Waals surface area contributed by atoms with E-state index in [1.165, 1.54) is 0 Å². The van der Waals surface area contributed by atoms with Crippen LogP contribution in [0.4, 0.5) is 13.2 Å². The molecule has 0 aliphatic carbocycles. The molecule has 0 radical (unpaired) electrons. The van der Waals surface area contributed by atoms with Crippen molar-refractivity contribution in [1.29, 1.82) is 0 Å². The molecule has 0 unspecified atom stereocenters. The second-order valence-electron chi connectivity index (χ2n) is 6.08. The monoisotopic (exact) mass is 392 g/mol. The Hall–Kier alpha value is -1.39. The van der Waals surface area contributed by atoms with Crippen LogP contribution in [0.1, 0.15) is 17.6 Å². The lowest BCUT2D eigenvalue weighted by molar-refractivity contribution is -0.140. The van der Waals surface area contributed by atoms with E-state index < -0.39 is 11.9 Å². The molecule has 1 fully saturated rings. The largest absolute Gasteiger partial charge is 0.434 e. The minimum atomic E-state index is -4.37. The number of aromatic nitrogens is 1. The highest BCUT2D eigenvalue weighted by Gasteiger charge is 2.33.